The van der Waals surface area contributed by atoms with Gasteiger partial charge in [-0.25, -0.2) is 13.6 Å². The van der Waals surface area contributed by atoms with E-state index < -0.39 is 59.0 Å². The molecule has 1 aliphatic heterocycles. The van der Waals surface area contributed by atoms with Gasteiger partial charge in [0, 0.05) is 16.9 Å². The first-order valence-electron chi connectivity index (χ1n) is 11.8. The molecule has 0 spiro atoms. The number of halogens is 2. The summed E-state index contributed by atoms with van der Waals surface area (Å²) in [7, 11) is 0. The van der Waals surface area contributed by atoms with Crippen LogP contribution in [0.25, 0.3) is 0 Å². The van der Waals surface area contributed by atoms with E-state index in [0.717, 1.165) is 17.7 Å². The van der Waals surface area contributed by atoms with Gasteiger partial charge in [-0.05, 0) is 38.0 Å². The first-order chi connectivity index (χ1) is 18.0. The lowest BCUT2D eigenvalue weighted by Gasteiger charge is -2.33. The molecule has 0 aromatic heterocycles. The third kappa shape index (κ3) is 7.02. The van der Waals surface area contributed by atoms with E-state index in [9.17, 15) is 28.3 Å². The van der Waals surface area contributed by atoms with Crippen LogP contribution < -0.4 is 10.6 Å². The van der Waals surface area contributed by atoms with Crippen molar-refractivity contribution in [3.63, 3.8) is 0 Å². The van der Waals surface area contributed by atoms with E-state index in [1.165, 1.54) is 22.7 Å². The van der Waals surface area contributed by atoms with Crippen LogP contribution in [0.1, 0.15) is 25.0 Å². The number of thioether (sulfide) groups is 1. The van der Waals surface area contributed by atoms with Crippen molar-refractivity contribution in [2.24, 2.45) is 0 Å². The van der Waals surface area contributed by atoms with Crippen molar-refractivity contribution in [1.82, 2.24) is 15.5 Å². The van der Waals surface area contributed by atoms with Gasteiger partial charge in [0.25, 0.3) is 5.91 Å². The molecule has 1 saturated heterocycles. The number of nitrogens with zero attached hydrogens (tertiary/aromatic N) is 1. The molecule has 1 heterocycles. The zero-order valence-corrected chi connectivity index (χ0v) is 21.8. The van der Waals surface area contributed by atoms with E-state index >= 15 is 0 Å². The number of aliphatic hydroxyl groups excluding tert-OH is 1. The Morgan fingerprint density at radius 3 is 2.47 bits per heavy atom. The van der Waals surface area contributed by atoms with Gasteiger partial charge in [-0.2, -0.15) is 0 Å². The number of hydrogen-bond donors (Lipinski definition) is 3. The Kier molecular flexibility index (Phi) is 9.72. The molecule has 3 amide bonds. The van der Waals surface area contributed by atoms with Crippen LogP contribution in [0, 0.1) is 24.0 Å². The highest BCUT2D eigenvalue weighted by Crippen LogP contribution is 2.40. The monoisotopic (exact) mass is 545 g/mol. The molecule has 2 aromatic carbocycles. The van der Waals surface area contributed by atoms with E-state index in [-0.39, 0.29) is 24.5 Å². The first-order valence-corrected chi connectivity index (χ1v) is 12.8. The maximum Gasteiger partial charge on any atom is 0.408 e. The molecule has 0 bridgehead atoms. The molecule has 0 aliphatic carbocycles. The number of rotatable bonds is 9. The number of amides is 3. The quantitative estimate of drug-likeness (QED) is 0.418. The molecular formula is C27H29F2N3O5S. The lowest BCUT2D eigenvalue weighted by Crippen LogP contribution is -2.58. The van der Waals surface area contributed by atoms with Gasteiger partial charge in [0.15, 0.2) is 12.7 Å². The van der Waals surface area contributed by atoms with Crippen molar-refractivity contribution in [2.75, 3.05) is 12.5 Å². The average molecular weight is 546 g/mol. The van der Waals surface area contributed by atoms with Crippen LogP contribution in [0.4, 0.5) is 13.6 Å². The third-order valence-corrected chi connectivity index (χ3v) is 7.48. The molecule has 0 radical (unpaired) electrons. The Bertz CT molecular complexity index is 1180. The molecule has 2 aromatic rings. The fourth-order valence-electron chi connectivity index (χ4n) is 4.14. The average Bonchev–Trinajstić information content (AvgIpc) is 3.21. The molecule has 3 rings (SSSR count). The second kappa shape index (κ2) is 12.8. The number of carbonyl (C=O) groups excluding carboxylic acids is 3. The first kappa shape index (κ1) is 28.9. The van der Waals surface area contributed by atoms with E-state index in [1.54, 1.807) is 44.2 Å². The number of ether oxygens (including phenoxy) is 1. The molecule has 3 N–H and O–H groups in total. The minimum atomic E-state index is -1.73. The Morgan fingerprint density at radius 2 is 1.84 bits per heavy atom. The van der Waals surface area contributed by atoms with Crippen molar-refractivity contribution < 1.29 is 33.0 Å². The van der Waals surface area contributed by atoms with E-state index in [2.05, 4.69) is 16.6 Å². The van der Waals surface area contributed by atoms with E-state index in [0.29, 0.717) is 0 Å². The Morgan fingerprint density at radius 1 is 1.18 bits per heavy atom. The van der Waals surface area contributed by atoms with E-state index in [1.807, 2.05) is 0 Å². The highest BCUT2D eigenvalue weighted by Gasteiger charge is 2.49. The molecule has 11 heteroatoms. The van der Waals surface area contributed by atoms with Crippen molar-refractivity contribution in [3.05, 3.63) is 71.3 Å². The largest absolute Gasteiger partial charge is 0.436 e. The zero-order valence-electron chi connectivity index (χ0n) is 20.9. The van der Waals surface area contributed by atoms with Crippen molar-refractivity contribution in [1.29, 1.82) is 0 Å². The van der Waals surface area contributed by atoms with Crippen LogP contribution in [0.3, 0.4) is 0 Å². The van der Waals surface area contributed by atoms with Crippen LogP contribution in [-0.4, -0.2) is 63.3 Å². The lowest BCUT2D eigenvalue weighted by atomic mass is 9.97. The summed E-state index contributed by atoms with van der Waals surface area (Å²) in [5, 5.41) is 16.1. The fraction of sp³-hybridized carbons (Fsp3) is 0.370. The maximum absolute atomic E-state index is 14.0. The number of alkyl carbamates (subject to hydrolysis) is 1. The fourth-order valence-corrected chi connectivity index (χ4v) is 5.28. The summed E-state index contributed by atoms with van der Waals surface area (Å²) in [6, 6.07) is 10.1. The summed E-state index contributed by atoms with van der Waals surface area (Å²) in [5.41, 5.74) is 0.429. The number of hydrogen-bond acceptors (Lipinski definition) is 6. The Labute approximate surface area is 224 Å². The van der Waals surface area contributed by atoms with Crippen LogP contribution in [0.2, 0.25) is 0 Å². The van der Waals surface area contributed by atoms with Gasteiger partial charge in [0.1, 0.15) is 17.7 Å². The Hall–Kier alpha value is -3.62. The summed E-state index contributed by atoms with van der Waals surface area (Å²) in [5.74, 6) is -0.799. The number of carbonyl (C=O) groups is 3. The topological polar surface area (TPSA) is 108 Å². The van der Waals surface area contributed by atoms with Crippen LogP contribution in [-0.2, 0) is 27.3 Å². The molecule has 1 fully saturated rings. The zero-order chi connectivity index (χ0) is 27.9. The lowest BCUT2D eigenvalue weighted by molar-refractivity contribution is -0.147. The SMILES string of the molecule is C#CCOC(=O)N[C@@H](Cc1ccccc1)[C@H](O)C(=O)N1CSC(C)(C)[C@H]1C(=O)NCc1c(F)cccc1F. The van der Waals surface area contributed by atoms with Gasteiger partial charge >= 0.3 is 6.09 Å². The molecule has 3 atom stereocenters. The number of benzene rings is 2. The van der Waals surface area contributed by atoms with Gasteiger partial charge in [0.2, 0.25) is 5.91 Å². The Balaban J connectivity index is 1.79. The number of nitrogens with one attached hydrogen (secondary N) is 2. The number of terminal acetylenes is 1. The second-order valence-corrected chi connectivity index (χ2v) is 10.8. The molecule has 1 aliphatic rings. The highest BCUT2D eigenvalue weighted by atomic mass is 32.2. The molecule has 0 saturated carbocycles. The van der Waals surface area contributed by atoms with Gasteiger partial charge in [-0.15, -0.1) is 18.2 Å². The summed E-state index contributed by atoms with van der Waals surface area (Å²) in [6.07, 6.45) is 2.57. The van der Waals surface area contributed by atoms with Crippen LogP contribution in [0.5, 0.6) is 0 Å². The number of aliphatic hydroxyl groups is 1. The van der Waals surface area contributed by atoms with Gasteiger partial charge in [0.05, 0.1) is 11.9 Å². The predicted octanol–water partition coefficient (Wildman–Crippen LogP) is 2.59. The molecule has 0 unspecified atom stereocenters. The van der Waals surface area contributed by atoms with Crippen molar-refractivity contribution in [3.8, 4) is 12.3 Å². The van der Waals surface area contributed by atoms with Crippen LogP contribution >= 0.6 is 11.8 Å². The molecule has 38 heavy (non-hydrogen) atoms. The van der Waals surface area contributed by atoms with E-state index in [4.69, 9.17) is 11.2 Å². The molecular weight excluding hydrogens is 516 g/mol. The minimum Gasteiger partial charge on any atom is -0.436 e. The van der Waals surface area contributed by atoms with Crippen molar-refractivity contribution >= 4 is 29.7 Å². The summed E-state index contributed by atoms with van der Waals surface area (Å²) >= 11 is 1.31. The summed E-state index contributed by atoms with van der Waals surface area (Å²) in [4.78, 5) is 40.1. The molecule has 8 nitrogen and oxygen atoms in total. The standard InChI is InChI=1S/C27H29F2N3O5S/c1-4-13-37-26(36)31-21(14-17-9-6-5-7-10-17)22(33)25(35)32-16-38-27(2,3)23(32)24(34)30-15-18-19(28)11-8-12-20(18)29/h1,5-12,21-23,33H,13-16H2,2-3H3,(H,30,34)(H,31,36)/t21-,22-,23+/m0/s1. The maximum atomic E-state index is 14.0. The van der Waals surface area contributed by atoms with Crippen molar-refractivity contribution in [2.45, 2.75) is 49.7 Å². The van der Waals surface area contributed by atoms with Crippen LogP contribution in [0.15, 0.2) is 48.5 Å². The van der Waals surface area contributed by atoms with Gasteiger partial charge in [-0.1, -0.05) is 42.3 Å². The predicted molar refractivity (Wildman–Crippen MR) is 139 cm³/mol. The summed E-state index contributed by atoms with van der Waals surface area (Å²) in [6.45, 7) is 2.79. The third-order valence-electron chi connectivity index (χ3n) is 6.10. The smallest absolute Gasteiger partial charge is 0.408 e. The minimum absolute atomic E-state index is 0.0780. The molecule has 202 valence electrons. The normalized spacial score (nSPS) is 17.7. The van der Waals surface area contributed by atoms with Gasteiger partial charge < -0.3 is 25.4 Å². The second-order valence-electron chi connectivity index (χ2n) is 9.17. The highest BCUT2D eigenvalue weighted by molar-refractivity contribution is 8.00. The summed E-state index contributed by atoms with van der Waals surface area (Å²) < 4.78 is 32.2. The van der Waals surface area contributed by atoms with Gasteiger partial charge in [-0.3, -0.25) is 9.59 Å².